The maximum absolute atomic E-state index is 13.1. The molecule has 0 radical (unpaired) electrons. The number of thioether (sulfide) groups is 1. The Balaban J connectivity index is 1.78. The summed E-state index contributed by atoms with van der Waals surface area (Å²) in [5.74, 6) is -2.55. The second-order valence-corrected chi connectivity index (χ2v) is 6.67. The van der Waals surface area contributed by atoms with E-state index < -0.39 is 34.8 Å². The summed E-state index contributed by atoms with van der Waals surface area (Å²) in [5.41, 5.74) is 0.578. The van der Waals surface area contributed by atoms with Gasteiger partial charge >= 0.3 is 6.36 Å². The van der Waals surface area contributed by atoms with Crippen LogP contribution in [0.25, 0.3) is 6.08 Å². The average molecular weight is 413 g/mol. The fourth-order valence-electron chi connectivity index (χ4n) is 2.43. The highest BCUT2D eigenvalue weighted by Crippen LogP contribution is 2.34. The second kappa shape index (κ2) is 7.55. The van der Waals surface area contributed by atoms with Crippen LogP contribution >= 0.6 is 11.8 Å². The largest absolute Gasteiger partial charge is 0.573 e. The van der Waals surface area contributed by atoms with Gasteiger partial charge in [-0.25, -0.2) is 4.39 Å². The first-order valence-electron chi connectivity index (χ1n) is 7.71. The van der Waals surface area contributed by atoms with Crippen molar-refractivity contribution >= 4 is 29.0 Å². The van der Waals surface area contributed by atoms with E-state index >= 15 is 0 Å². The molecule has 3 rings (SSSR count). The molecule has 2 aromatic carbocycles. The van der Waals surface area contributed by atoms with E-state index in [1.165, 1.54) is 24.3 Å². The summed E-state index contributed by atoms with van der Waals surface area (Å²) in [6.45, 7) is -0.244. The summed E-state index contributed by atoms with van der Waals surface area (Å²) >= 11 is 0.632. The van der Waals surface area contributed by atoms with E-state index in [-0.39, 0.29) is 17.0 Å². The molecule has 0 bridgehead atoms. The van der Waals surface area contributed by atoms with E-state index in [4.69, 9.17) is 0 Å². The molecule has 2 amide bonds. The molecule has 5 nitrogen and oxygen atoms in total. The number of amides is 2. The molecule has 1 fully saturated rings. The summed E-state index contributed by atoms with van der Waals surface area (Å²) in [6.07, 6.45) is -3.54. The van der Waals surface area contributed by atoms with Crippen LogP contribution < -0.4 is 4.74 Å². The van der Waals surface area contributed by atoms with E-state index in [0.717, 1.165) is 29.2 Å². The van der Waals surface area contributed by atoms with Gasteiger partial charge in [-0.15, -0.1) is 13.2 Å². The molecule has 0 unspecified atom stereocenters. The smallest absolute Gasteiger partial charge is 0.505 e. The number of halogens is 4. The number of hydrogen-bond donors (Lipinski definition) is 1. The third kappa shape index (κ3) is 4.63. The van der Waals surface area contributed by atoms with Gasteiger partial charge in [-0.2, -0.15) is 0 Å². The van der Waals surface area contributed by atoms with E-state index in [1.54, 1.807) is 0 Å². The molecule has 0 aliphatic carbocycles. The van der Waals surface area contributed by atoms with Crippen molar-refractivity contribution in [2.24, 2.45) is 0 Å². The minimum atomic E-state index is -4.86. The lowest BCUT2D eigenvalue weighted by molar-refractivity contribution is -0.274. The first-order valence-corrected chi connectivity index (χ1v) is 8.52. The minimum absolute atomic E-state index is 0.0405. The van der Waals surface area contributed by atoms with Crippen molar-refractivity contribution < 1.29 is 37.0 Å². The number of carbonyl (C=O) groups excluding carboxylic acids is 2. The fourth-order valence-corrected chi connectivity index (χ4v) is 3.27. The highest BCUT2D eigenvalue weighted by atomic mass is 32.2. The fraction of sp³-hybridized carbons (Fsp3) is 0.111. The summed E-state index contributed by atoms with van der Waals surface area (Å²) < 4.78 is 53.9. The highest BCUT2D eigenvalue weighted by Gasteiger charge is 2.35. The summed E-state index contributed by atoms with van der Waals surface area (Å²) in [5, 5.41) is 8.77. The maximum Gasteiger partial charge on any atom is 0.573 e. The average Bonchev–Trinajstić information content (AvgIpc) is 2.84. The van der Waals surface area contributed by atoms with Crippen LogP contribution in [0.2, 0.25) is 0 Å². The monoisotopic (exact) mass is 413 g/mol. The normalized spacial score (nSPS) is 16.1. The topological polar surface area (TPSA) is 66.8 Å². The van der Waals surface area contributed by atoms with Crippen molar-refractivity contribution in [2.45, 2.75) is 12.9 Å². The number of hydrogen-bond acceptors (Lipinski definition) is 5. The number of benzene rings is 2. The van der Waals surface area contributed by atoms with Crippen molar-refractivity contribution in [3.8, 4) is 11.5 Å². The van der Waals surface area contributed by atoms with E-state index in [9.17, 15) is 32.3 Å². The van der Waals surface area contributed by atoms with Crippen molar-refractivity contribution in [2.75, 3.05) is 0 Å². The lowest BCUT2D eigenvalue weighted by atomic mass is 10.2. The molecular formula is C18H11F4NO4S. The van der Waals surface area contributed by atoms with Crippen LogP contribution in [0.5, 0.6) is 11.5 Å². The lowest BCUT2D eigenvalue weighted by Crippen LogP contribution is -2.27. The molecule has 0 aromatic heterocycles. The minimum Gasteiger partial charge on any atom is -0.505 e. The third-order valence-electron chi connectivity index (χ3n) is 3.61. The van der Waals surface area contributed by atoms with Crippen LogP contribution in [0.1, 0.15) is 11.1 Å². The third-order valence-corrected chi connectivity index (χ3v) is 4.52. The lowest BCUT2D eigenvalue weighted by Gasteiger charge is -2.14. The zero-order valence-electron chi connectivity index (χ0n) is 13.9. The van der Waals surface area contributed by atoms with Gasteiger partial charge in [0, 0.05) is 0 Å². The van der Waals surface area contributed by atoms with E-state index in [0.29, 0.717) is 17.3 Å². The van der Waals surface area contributed by atoms with Gasteiger partial charge in [0.15, 0.2) is 11.6 Å². The number of phenolic OH excluding ortho intramolecular Hbond substituents is 1. The van der Waals surface area contributed by atoms with Gasteiger partial charge in [-0.1, -0.05) is 18.2 Å². The highest BCUT2D eigenvalue weighted by molar-refractivity contribution is 8.18. The molecule has 28 heavy (non-hydrogen) atoms. The van der Waals surface area contributed by atoms with Gasteiger partial charge in [0.1, 0.15) is 5.75 Å². The van der Waals surface area contributed by atoms with Crippen LogP contribution in [0.15, 0.2) is 47.4 Å². The zero-order chi connectivity index (χ0) is 20.5. The molecular weight excluding hydrogens is 402 g/mol. The van der Waals surface area contributed by atoms with Crippen molar-refractivity contribution in [1.29, 1.82) is 0 Å². The van der Waals surface area contributed by atoms with Crippen molar-refractivity contribution in [3.63, 3.8) is 0 Å². The SMILES string of the molecule is O=C1S/C(=C\c2ccc(F)c(O)c2)C(=O)N1Cc1cccc(OC(F)(F)F)c1. The van der Waals surface area contributed by atoms with Gasteiger partial charge in [-0.3, -0.25) is 14.5 Å². The number of carbonyl (C=O) groups is 2. The Morgan fingerprint density at radius 1 is 1.14 bits per heavy atom. The Morgan fingerprint density at radius 2 is 1.89 bits per heavy atom. The van der Waals surface area contributed by atoms with Crippen molar-refractivity contribution in [1.82, 2.24) is 4.90 Å². The molecule has 10 heteroatoms. The molecule has 1 heterocycles. The quantitative estimate of drug-likeness (QED) is 0.583. The molecule has 2 aromatic rings. The molecule has 1 N–H and O–H groups in total. The number of rotatable bonds is 4. The van der Waals surface area contributed by atoms with Crippen LogP contribution in [0, 0.1) is 5.82 Å². The van der Waals surface area contributed by atoms with Crippen LogP contribution in [0.4, 0.5) is 22.4 Å². The van der Waals surface area contributed by atoms with Gasteiger partial charge < -0.3 is 9.84 Å². The number of ether oxygens (including phenoxy) is 1. The maximum atomic E-state index is 13.1. The standard InChI is InChI=1S/C18H11F4NO4S/c19-13-5-4-10(7-14(13)24)8-15-16(25)23(17(26)28-15)9-11-2-1-3-12(6-11)27-18(20,21)22/h1-8,24H,9H2/b15-8-. The van der Waals surface area contributed by atoms with Crippen LogP contribution in [-0.4, -0.2) is 27.5 Å². The van der Waals surface area contributed by atoms with E-state index in [1.807, 2.05) is 0 Å². The summed E-state index contributed by atoms with van der Waals surface area (Å²) in [6, 6.07) is 8.38. The van der Waals surface area contributed by atoms with Crippen LogP contribution in [-0.2, 0) is 11.3 Å². The second-order valence-electron chi connectivity index (χ2n) is 5.67. The van der Waals surface area contributed by atoms with Gasteiger partial charge in [-0.05, 0) is 53.2 Å². The number of nitrogens with zero attached hydrogens (tertiary/aromatic N) is 1. The predicted octanol–water partition coefficient (Wildman–Crippen LogP) is 4.67. The summed E-state index contributed by atoms with van der Waals surface area (Å²) in [4.78, 5) is 25.5. The molecule has 1 saturated heterocycles. The number of imide groups is 1. The van der Waals surface area contributed by atoms with Gasteiger partial charge in [0.05, 0.1) is 11.4 Å². The Kier molecular flexibility index (Phi) is 5.32. The van der Waals surface area contributed by atoms with Crippen LogP contribution in [0.3, 0.4) is 0 Å². The molecule has 1 aliphatic heterocycles. The molecule has 1 aliphatic rings. The Hall–Kier alpha value is -3.01. The predicted molar refractivity (Wildman–Crippen MR) is 92.7 cm³/mol. The van der Waals surface area contributed by atoms with E-state index in [2.05, 4.69) is 4.74 Å². The number of phenols is 1. The summed E-state index contributed by atoms with van der Waals surface area (Å²) in [7, 11) is 0. The molecule has 0 saturated carbocycles. The number of aromatic hydroxyl groups is 1. The number of alkyl halides is 3. The zero-order valence-corrected chi connectivity index (χ0v) is 14.7. The van der Waals surface area contributed by atoms with Gasteiger partial charge in [0.25, 0.3) is 11.1 Å². The Morgan fingerprint density at radius 3 is 2.57 bits per heavy atom. The molecule has 146 valence electrons. The molecule has 0 spiro atoms. The van der Waals surface area contributed by atoms with Crippen molar-refractivity contribution in [3.05, 3.63) is 64.3 Å². The first kappa shape index (κ1) is 19.7. The molecule has 0 atom stereocenters. The Labute approximate surface area is 160 Å². The Bertz CT molecular complexity index is 974. The van der Waals surface area contributed by atoms with Gasteiger partial charge in [0.2, 0.25) is 0 Å². The first-order chi connectivity index (χ1) is 13.1.